The van der Waals surface area contributed by atoms with Gasteiger partial charge < -0.3 is 15.8 Å². The fourth-order valence-electron chi connectivity index (χ4n) is 1.44. The normalized spacial score (nSPS) is 10.7. The molecule has 1 rings (SSSR count). The number of halogens is 1. The van der Waals surface area contributed by atoms with E-state index in [1.807, 2.05) is 0 Å². The number of nitrogens with one attached hydrogen (secondary N) is 1. The molecule has 0 spiro atoms. The van der Waals surface area contributed by atoms with Crippen LogP contribution in [0.2, 0.25) is 0 Å². The molecule has 0 aliphatic heterocycles. The molecule has 0 aromatic heterocycles. The predicted molar refractivity (Wildman–Crippen MR) is 73.4 cm³/mol. The molecule has 1 aromatic carbocycles. The summed E-state index contributed by atoms with van der Waals surface area (Å²) in [6.07, 6.45) is 1.00. The lowest BCUT2D eigenvalue weighted by Crippen LogP contribution is -2.27. The zero-order valence-electron chi connectivity index (χ0n) is 11.4. The molecular formula is C14H21FN2O2. The Labute approximate surface area is 113 Å². The third kappa shape index (κ3) is 5.70. The molecule has 3 N–H and O–H groups in total. The number of carbonyl (C=O) groups is 1. The third-order valence-electron chi connectivity index (χ3n) is 2.63. The second-order valence-electron chi connectivity index (χ2n) is 4.79. The number of nitrogen functional groups attached to an aromatic ring is 1. The molecule has 1 aromatic rings. The van der Waals surface area contributed by atoms with Gasteiger partial charge in [0.05, 0.1) is 12.3 Å². The van der Waals surface area contributed by atoms with E-state index < -0.39 is 5.82 Å². The summed E-state index contributed by atoms with van der Waals surface area (Å²) < 4.78 is 18.3. The molecule has 0 saturated heterocycles. The van der Waals surface area contributed by atoms with Crippen molar-refractivity contribution in [3.8, 4) is 0 Å². The molecule has 19 heavy (non-hydrogen) atoms. The summed E-state index contributed by atoms with van der Waals surface area (Å²) in [6.45, 7) is 5.84. The van der Waals surface area contributed by atoms with Gasteiger partial charge in [0.1, 0.15) is 5.82 Å². The van der Waals surface area contributed by atoms with E-state index in [2.05, 4.69) is 19.2 Å². The lowest BCUT2D eigenvalue weighted by Gasteiger charge is -2.08. The van der Waals surface area contributed by atoms with Gasteiger partial charge in [-0.1, -0.05) is 13.8 Å². The van der Waals surface area contributed by atoms with Gasteiger partial charge in [-0.2, -0.15) is 0 Å². The third-order valence-corrected chi connectivity index (χ3v) is 2.63. The van der Waals surface area contributed by atoms with Crippen molar-refractivity contribution in [3.05, 3.63) is 29.6 Å². The lowest BCUT2D eigenvalue weighted by molar-refractivity contribution is 0.0906. The minimum Gasteiger partial charge on any atom is -0.396 e. The molecular weight excluding hydrogens is 247 g/mol. The van der Waals surface area contributed by atoms with Crippen molar-refractivity contribution in [3.63, 3.8) is 0 Å². The molecule has 4 nitrogen and oxygen atoms in total. The fraction of sp³-hybridized carbons (Fsp3) is 0.500. The van der Waals surface area contributed by atoms with Crippen molar-refractivity contribution >= 4 is 11.6 Å². The van der Waals surface area contributed by atoms with Crippen LogP contribution in [-0.2, 0) is 4.74 Å². The summed E-state index contributed by atoms with van der Waals surface area (Å²) in [5, 5.41) is 2.69. The van der Waals surface area contributed by atoms with Gasteiger partial charge in [-0.05, 0) is 30.5 Å². The summed E-state index contributed by atoms with van der Waals surface area (Å²) in [6, 6.07) is 3.91. The monoisotopic (exact) mass is 268 g/mol. The van der Waals surface area contributed by atoms with Crippen LogP contribution in [0.3, 0.4) is 0 Å². The summed E-state index contributed by atoms with van der Waals surface area (Å²) in [5.41, 5.74) is 5.72. The first-order valence-electron chi connectivity index (χ1n) is 6.41. The number of carbonyl (C=O) groups excluding carboxylic acids is 1. The second-order valence-corrected chi connectivity index (χ2v) is 4.79. The Morgan fingerprint density at radius 2 is 2.16 bits per heavy atom. The van der Waals surface area contributed by atoms with Crippen LogP contribution in [0.1, 0.15) is 30.6 Å². The Hall–Kier alpha value is -1.62. The van der Waals surface area contributed by atoms with Crippen molar-refractivity contribution in [1.29, 1.82) is 0 Å². The van der Waals surface area contributed by atoms with E-state index >= 15 is 0 Å². The number of nitrogens with two attached hydrogens (primary N) is 1. The van der Waals surface area contributed by atoms with Gasteiger partial charge >= 0.3 is 0 Å². The molecule has 0 bridgehead atoms. The maximum atomic E-state index is 12.9. The Balaban J connectivity index is 2.26. The number of hydrogen-bond acceptors (Lipinski definition) is 3. The molecule has 0 heterocycles. The van der Waals surface area contributed by atoms with Crippen LogP contribution in [0.25, 0.3) is 0 Å². The van der Waals surface area contributed by atoms with Crippen LogP contribution >= 0.6 is 0 Å². The fourth-order valence-corrected chi connectivity index (χ4v) is 1.44. The molecule has 0 radical (unpaired) electrons. The molecule has 0 saturated carbocycles. The van der Waals surface area contributed by atoms with Crippen LogP contribution in [0.15, 0.2) is 18.2 Å². The maximum Gasteiger partial charge on any atom is 0.251 e. The Morgan fingerprint density at radius 1 is 1.42 bits per heavy atom. The average molecular weight is 268 g/mol. The number of hydrogen-bond donors (Lipinski definition) is 2. The lowest BCUT2D eigenvalue weighted by atomic mass is 10.1. The van der Waals surface area contributed by atoms with Crippen LogP contribution in [-0.4, -0.2) is 25.7 Å². The van der Waals surface area contributed by atoms with E-state index in [0.29, 0.717) is 31.2 Å². The summed E-state index contributed by atoms with van der Waals surface area (Å²) in [5.74, 6) is -0.190. The Morgan fingerprint density at radius 3 is 2.79 bits per heavy atom. The quantitative estimate of drug-likeness (QED) is 0.588. The highest BCUT2D eigenvalue weighted by molar-refractivity contribution is 5.94. The number of anilines is 1. The summed E-state index contributed by atoms with van der Waals surface area (Å²) in [7, 11) is 0. The van der Waals surface area contributed by atoms with Crippen LogP contribution in [0.5, 0.6) is 0 Å². The van der Waals surface area contributed by atoms with Crippen LogP contribution in [0, 0.1) is 11.7 Å². The summed E-state index contributed by atoms with van der Waals surface area (Å²) >= 11 is 0. The van der Waals surface area contributed by atoms with Crippen LogP contribution < -0.4 is 11.1 Å². The number of ether oxygens (including phenoxy) is 1. The molecule has 1 amide bonds. The maximum absolute atomic E-state index is 12.9. The highest BCUT2D eigenvalue weighted by atomic mass is 19.1. The number of benzene rings is 1. The van der Waals surface area contributed by atoms with Gasteiger partial charge in [0.15, 0.2) is 0 Å². The van der Waals surface area contributed by atoms with E-state index in [4.69, 9.17) is 10.5 Å². The second kappa shape index (κ2) is 7.74. The van der Waals surface area contributed by atoms with E-state index in [9.17, 15) is 9.18 Å². The van der Waals surface area contributed by atoms with Crippen molar-refractivity contribution < 1.29 is 13.9 Å². The highest BCUT2D eigenvalue weighted by Gasteiger charge is 2.07. The largest absolute Gasteiger partial charge is 0.396 e. The van der Waals surface area contributed by atoms with Crippen LogP contribution in [0.4, 0.5) is 10.1 Å². The predicted octanol–water partition coefficient (Wildman–Crippen LogP) is 2.20. The van der Waals surface area contributed by atoms with Gasteiger partial charge in [0, 0.05) is 18.7 Å². The van der Waals surface area contributed by atoms with Crippen molar-refractivity contribution in [2.45, 2.75) is 20.3 Å². The van der Waals surface area contributed by atoms with Gasteiger partial charge in [-0.3, -0.25) is 4.79 Å². The van der Waals surface area contributed by atoms with Crippen molar-refractivity contribution in [1.82, 2.24) is 5.32 Å². The SMILES string of the molecule is CC(C)CCOCCNC(=O)c1ccc(F)c(N)c1. The summed E-state index contributed by atoms with van der Waals surface area (Å²) in [4.78, 5) is 11.7. The Bertz CT molecular complexity index is 422. The molecule has 0 aliphatic rings. The standard InChI is InChI=1S/C14H21FN2O2/c1-10(2)5-7-19-8-6-17-14(18)11-3-4-12(15)13(16)9-11/h3-4,9-10H,5-8,16H2,1-2H3,(H,17,18). The van der Waals surface area contributed by atoms with Crippen molar-refractivity contribution in [2.24, 2.45) is 5.92 Å². The van der Waals surface area contributed by atoms with Gasteiger partial charge in [0.2, 0.25) is 0 Å². The number of amides is 1. The van der Waals surface area contributed by atoms with E-state index in [1.165, 1.54) is 18.2 Å². The zero-order valence-corrected chi connectivity index (χ0v) is 11.4. The van der Waals surface area contributed by atoms with E-state index in [1.54, 1.807) is 0 Å². The molecule has 0 aliphatic carbocycles. The minimum atomic E-state index is -0.520. The highest BCUT2D eigenvalue weighted by Crippen LogP contribution is 2.11. The van der Waals surface area contributed by atoms with Crippen molar-refractivity contribution in [2.75, 3.05) is 25.5 Å². The first kappa shape index (κ1) is 15.4. The molecule has 5 heteroatoms. The minimum absolute atomic E-state index is 0.0270. The topological polar surface area (TPSA) is 64.3 Å². The zero-order chi connectivity index (χ0) is 14.3. The van der Waals surface area contributed by atoms with Gasteiger partial charge in [-0.15, -0.1) is 0 Å². The molecule has 0 atom stereocenters. The molecule has 106 valence electrons. The van der Waals surface area contributed by atoms with E-state index in [-0.39, 0.29) is 11.6 Å². The Kier molecular flexibility index (Phi) is 6.29. The first-order valence-corrected chi connectivity index (χ1v) is 6.41. The van der Waals surface area contributed by atoms with Gasteiger partial charge in [-0.25, -0.2) is 4.39 Å². The molecule has 0 fully saturated rings. The first-order chi connectivity index (χ1) is 9.00. The van der Waals surface area contributed by atoms with Gasteiger partial charge in [0.25, 0.3) is 5.91 Å². The molecule has 0 unspecified atom stereocenters. The van der Waals surface area contributed by atoms with E-state index in [0.717, 1.165) is 6.42 Å². The number of rotatable bonds is 7. The smallest absolute Gasteiger partial charge is 0.251 e. The average Bonchev–Trinajstić information content (AvgIpc) is 2.36.